The Kier molecular flexibility index (Phi) is 4.90. The molecule has 9 nitrogen and oxygen atoms in total. The van der Waals surface area contributed by atoms with Crippen LogP contribution in [0, 0.1) is 11.8 Å². The summed E-state index contributed by atoms with van der Waals surface area (Å²) in [6.45, 7) is -0.566. The first-order chi connectivity index (χ1) is 10.9. The fourth-order valence-electron chi connectivity index (χ4n) is 3.43. The molecule has 0 aromatic rings. The van der Waals surface area contributed by atoms with Crippen LogP contribution in [0.15, 0.2) is 12.3 Å². The van der Waals surface area contributed by atoms with Gasteiger partial charge >= 0.3 is 0 Å². The predicted octanol–water partition coefficient (Wildman–Crippen LogP) is -2.97. The largest absolute Gasteiger partial charge is 0.472 e. The topological polar surface area (TPSA) is 149 Å². The number of hydrogen-bond acceptors (Lipinski definition) is 9. The van der Waals surface area contributed by atoms with Crippen molar-refractivity contribution in [1.82, 2.24) is 0 Å². The van der Waals surface area contributed by atoms with E-state index in [2.05, 4.69) is 0 Å². The van der Waals surface area contributed by atoms with Crippen LogP contribution in [0.2, 0.25) is 0 Å². The van der Waals surface area contributed by atoms with Crippen molar-refractivity contribution in [2.24, 2.45) is 11.8 Å². The monoisotopic (exact) mass is 334 g/mol. The number of rotatable bonds is 3. The molecule has 1 saturated carbocycles. The predicted molar refractivity (Wildman–Crippen MR) is 72.5 cm³/mol. The van der Waals surface area contributed by atoms with Gasteiger partial charge in [-0.25, -0.2) is 0 Å². The molecule has 0 amide bonds. The van der Waals surface area contributed by atoms with Gasteiger partial charge in [-0.05, 0) is 6.08 Å². The van der Waals surface area contributed by atoms with Gasteiger partial charge in [-0.15, -0.1) is 0 Å². The maximum Gasteiger partial charge on any atom is 0.207 e. The third-order valence-electron chi connectivity index (χ3n) is 4.76. The molecule has 10 atom stereocenters. The first kappa shape index (κ1) is 17.1. The number of aliphatic hydroxyl groups is 6. The Morgan fingerprint density at radius 1 is 0.957 bits per heavy atom. The molecule has 23 heavy (non-hydrogen) atoms. The smallest absolute Gasteiger partial charge is 0.207 e. The van der Waals surface area contributed by atoms with Crippen molar-refractivity contribution in [3.63, 3.8) is 0 Å². The van der Waals surface area contributed by atoms with Crippen molar-refractivity contribution in [2.75, 3.05) is 6.61 Å². The van der Waals surface area contributed by atoms with Crippen molar-refractivity contribution in [2.45, 2.75) is 55.6 Å². The highest BCUT2D eigenvalue weighted by atomic mass is 16.8. The number of ether oxygens (including phenoxy) is 3. The Morgan fingerprint density at radius 2 is 1.70 bits per heavy atom. The first-order valence-electron chi connectivity index (χ1n) is 7.58. The van der Waals surface area contributed by atoms with Crippen LogP contribution in [0.3, 0.4) is 0 Å². The number of aliphatic hydroxyl groups excluding tert-OH is 6. The van der Waals surface area contributed by atoms with Gasteiger partial charge in [-0.3, -0.25) is 0 Å². The molecule has 2 fully saturated rings. The average molecular weight is 334 g/mol. The Hall–Kier alpha value is -0.780. The SMILES string of the molecule is OC[C@H]1O[C@@H](O[C@@H]2OC=C[C@@H]3[C@H]2[C@@H](O)C[C@H]3O)[C@H](O)[C@@H](O)[C@@H]1O. The second kappa shape index (κ2) is 6.61. The van der Waals surface area contributed by atoms with Crippen molar-refractivity contribution in [1.29, 1.82) is 0 Å². The first-order valence-corrected chi connectivity index (χ1v) is 7.58. The molecule has 3 rings (SSSR count). The van der Waals surface area contributed by atoms with Gasteiger partial charge < -0.3 is 44.8 Å². The maximum atomic E-state index is 10.1. The lowest BCUT2D eigenvalue weighted by molar-refractivity contribution is -0.343. The molecular weight excluding hydrogens is 312 g/mol. The van der Waals surface area contributed by atoms with Crippen LogP contribution in [0.25, 0.3) is 0 Å². The minimum atomic E-state index is -1.56. The Balaban J connectivity index is 1.72. The van der Waals surface area contributed by atoms with Crippen molar-refractivity contribution in [3.05, 3.63) is 12.3 Å². The van der Waals surface area contributed by atoms with Crippen LogP contribution >= 0.6 is 0 Å². The highest BCUT2D eigenvalue weighted by Crippen LogP contribution is 2.40. The lowest BCUT2D eigenvalue weighted by atomic mass is 9.91. The minimum absolute atomic E-state index is 0.178. The van der Waals surface area contributed by atoms with Crippen molar-refractivity contribution >= 4 is 0 Å². The van der Waals surface area contributed by atoms with Crippen LogP contribution in [-0.4, -0.2) is 86.4 Å². The van der Waals surface area contributed by atoms with E-state index in [1.54, 1.807) is 6.08 Å². The summed E-state index contributed by atoms with van der Waals surface area (Å²) in [7, 11) is 0. The third kappa shape index (κ3) is 2.99. The summed E-state index contributed by atoms with van der Waals surface area (Å²) >= 11 is 0. The van der Waals surface area contributed by atoms with Gasteiger partial charge in [-0.1, -0.05) is 0 Å². The molecule has 6 N–H and O–H groups in total. The number of fused-ring (bicyclic) bond motifs is 1. The van der Waals surface area contributed by atoms with Crippen LogP contribution in [0.5, 0.6) is 0 Å². The van der Waals surface area contributed by atoms with Gasteiger partial charge in [0.1, 0.15) is 24.4 Å². The summed E-state index contributed by atoms with van der Waals surface area (Å²) < 4.78 is 16.1. The Labute approximate surface area is 132 Å². The summed E-state index contributed by atoms with van der Waals surface area (Å²) in [6, 6.07) is 0. The summed E-state index contributed by atoms with van der Waals surface area (Å²) in [4.78, 5) is 0. The molecule has 2 heterocycles. The molecule has 9 heteroatoms. The molecule has 1 aliphatic carbocycles. The maximum absolute atomic E-state index is 10.1. The Bertz CT molecular complexity index is 442. The molecule has 2 aliphatic heterocycles. The fourth-order valence-corrected chi connectivity index (χ4v) is 3.43. The minimum Gasteiger partial charge on any atom is -0.472 e. The van der Waals surface area contributed by atoms with E-state index in [0.29, 0.717) is 0 Å². The quantitative estimate of drug-likeness (QED) is 0.318. The summed E-state index contributed by atoms with van der Waals surface area (Å²) in [5.41, 5.74) is 0. The molecule has 132 valence electrons. The highest BCUT2D eigenvalue weighted by molar-refractivity contribution is 5.05. The zero-order valence-corrected chi connectivity index (χ0v) is 12.3. The average Bonchev–Trinajstić information content (AvgIpc) is 2.83. The van der Waals surface area contributed by atoms with Gasteiger partial charge in [0.05, 0.1) is 31.0 Å². The highest BCUT2D eigenvalue weighted by Gasteiger charge is 2.51. The standard InChI is InChI=1S/C14H22O9/c15-4-8-10(18)11(19)12(20)14(22-8)23-13-9-5(1-2-21-13)6(16)3-7(9)17/h1-2,5-20H,3-4H2/t5-,6+,7-,8+,9-,10+,11-,12+,13-,14-/m0/s1. The third-order valence-corrected chi connectivity index (χ3v) is 4.76. The van der Waals surface area contributed by atoms with Crippen LogP contribution in [0.1, 0.15) is 6.42 Å². The summed E-state index contributed by atoms with van der Waals surface area (Å²) in [6.07, 6.45) is -6.45. The van der Waals surface area contributed by atoms with Crippen LogP contribution in [0.4, 0.5) is 0 Å². The zero-order valence-electron chi connectivity index (χ0n) is 12.3. The summed E-state index contributed by atoms with van der Waals surface area (Å²) in [5.74, 6) is -0.906. The van der Waals surface area contributed by atoms with E-state index in [-0.39, 0.29) is 12.3 Å². The lowest BCUT2D eigenvalue weighted by Gasteiger charge is -2.42. The Morgan fingerprint density at radius 3 is 2.39 bits per heavy atom. The molecule has 0 aromatic carbocycles. The van der Waals surface area contributed by atoms with Gasteiger partial charge in [0, 0.05) is 12.3 Å². The molecule has 0 bridgehead atoms. The van der Waals surface area contributed by atoms with E-state index in [1.165, 1.54) is 6.26 Å². The molecule has 3 aliphatic rings. The summed E-state index contributed by atoms with van der Waals surface area (Å²) in [5, 5.41) is 58.6. The van der Waals surface area contributed by atoms with Crippen LogP contribution < -0.4 is 0 Å². The van der Waals surface area contributed by atoms with Gasteiger partial charge in [0.25, 0.3) is 0 Å². The van der Waals surface area contributed by atoms with Crippen molar-refractivity contribution in [3.8, 4) is 0 Å². The lowest BCUT2D eigenvalue weighted by Crippen LogP contribution is -2.60. The molecule has 1 saturated heterocycles. The van der Waals surface area contributed by atoms with Gasteiger partial charge in [0.2, 0.25) is 6.29 Å². The molecule has 0 unspecified atom stereocenters. The second-order valence-electron chi connectivity index (χ2n) is 6.19. The molecule has 0 aromatic heterocycles. The van der Waals surface area contributed by atoms with E-state index in [1.807, 2.05) is 0 Å². The number of hydrogen-bond donors (Lipinski definition) is 6. The van der Waals surface area contributed by atoms with Crippen molar-refractivity contribution < 1.29 is 44.8 Å². The van der Waals surface area contributed by atoms with Gasteiger partial charge in [0.15, 0.2) is 6.29 Å². The molecule has 0 spiro atoms. The fraction of sp³-hybridized carbons (Fsp3) is 0.857. The van der Waals surface area contributed by atoms with E-state index < -0.39 is 61.7 Å². The van der Waals surface area contributed by atoms with E-state index >= 15 is 0 Å². The normalized spacial score (nSPS) is 53.0. The second-order valence-corrected chi connectivity index (χ2v) is 6.19. The van der Waals surface area contributed by atoms with Crippen LogP contribution in [-0.2, 0) is 14.2 Å². The van der Waals surface area contributed by atoms with E-state index in [9.17, 15) is 25.5 Å². The molecule has 0 radical (unpaired) electrons. The molecular formula is C14H22O9. The van der Waals surface area contributed by atoms with E-state index in [4.69, 9.17) is 19.3 Å². The van der Waals surface area contributed by atoms with E-state index in [0.717, 1.165) is 0 Å². The zero-order chi connectivity index (χ0) is 16.7. The van der Waals surface area contributed by atoms with Gasteiger partial charge in [-0.2, -0.15) is 0 Å².